The molecule has 0 bridgehead atoms. The van der Waals surface area contributed by atoms with E-state index in [1.54, 1.807) is 15.9 Å². The SMILES string of the molecule is CC12CCC(=O)N1c1ccccc1C(=O)N2CCC(=O)NCCN1CCc2ccccc2C1. The highest BCUT2D eigenvalue weighted by atomic mass is 16.2. The second-order valence-corrected chi connectivity index (χ2v) is 9.31. The Morgan fingerprint density at radius 3 is 2.61 bits per heavy atom. The van der Waals surface area contributed by atoms with Gasteiger partial charge in [0.25, 0.3) is 5.91 Å². The lowest BCUT2D eigenvalue weighted by Gasteiger charge is -2.48. The quantitative estimate of drug-likeness (QED) is 0.740. The average Bonchev–Trinajstić information content (AvgIpc) is 3.14. The molecular weight excluding hydrogens is 416 g/mol. The first-order chi connectivity index (χ1) is 16.0. The number of hydrogen-bond donors (Lipinski definition) is 1. The normalized spacial score (nSPS) is 22.1. The molecule has 3 aliphatic heterocycles. The van der Waals surface area contributed by atoms with Crippen molar-refractivity contribution in [2.45, 2.75) is 44.8 Å². The largest absolute Gasteiger partial charge is 0.355 e. The number of nitrogens with zero attached hydrogens (tertiary/aromatic N) is 3. The van der Waals surface area contributed by atoms with Crippen LogP contribution < -0.4 is 10.2 Å². The molecule has 0 aromatic heterocycles. The second kappa shape index (κ2) is 8.63. The van der Waals surface area contributed by atoms with E-state index in [9.17, 15) is 14.4 Å². The van der Waals surface area contributed by atoms with Gasteiger partial charge in [-0.15, -0.1) is 0 Å². The summed E-state index contributed by atoms with van der Waals surface area (Å²) in [6.45, 7) is 5.51. The van der Waals surface area contributed by atoms with Gasteiger partial charge in [-0.1, -0.05) is 36.4 Å². The molecule has 1 fully saturated rings. The molecule has 1 atom stereocenters. The number of carbonyl (C=O) groups is 3. The first kappa shape index (κ1) is 21.6. The zero-order valence-electron chi connectivity index (χ0n) is 19.0. The molecule has 0 aliphatic carbocycles. The third-order valence-corrected chi connectivity index (χ3v) is 7.27. The molecule has 5 rings (SSSR count). The lowest BCUT2D eigenvalue weighted by Crippen LogP contribution is -2.62. The van der Waals surface area contributed by atoms with Crippen LogP contribution in [0.5, 0.6) is 0 Å². The van der Waals surface area contributed by atoms with Gasteiger partial charge in [0.15, 0.2) is 0 Å². The topological polar surface area (TPSA) is 73.0 Å². The first-order valence-corrected chi connectivity index (χ1v) is 11.8. The molecule has 7 heteroatoms. The van der Waals surface area contributed by atoms with Crippen molar-refractivity contribution < 1.29 is 14.4 Å². The van der Waals surface area contributed by atoms with Gasteiger partial charge in [-0.25, -0.2) is 0 Å². The van der Waals surface area contributed by atoms with Crippen LogP contribution in [0.3, 0.4) is 0 Å². The fraction of sp³-hybridized carbons (Fsp3) is 0.423. The van der Waals surface area contributed by atoms with Crippen LogP contribution in [-0.2, 0) is 22.6 Å². The number of anilines is 1. The Labute approximate surface area is 194 Å². The van der Waals surface area contributed by atoms with Crippen LogP contribution in [0.4, 0.5) is 5.69 Å². The number of benzene rings is 2. The number of nitrogens with one attached hydrogen (secondary N) is 1. The molecule has 2 aromatic carbocycles. The van der Waals surface area contributed by atoms with Crippen molar-refractivity contribution in [2.75, 3.05) is 31.1 Å². The van der Waals surface area contributed by atoms with E-state index in [1.165, 1.54) is 11.1 Å². The average molecular weight is 447 g/mol. The molecule has 2 aromatic rings. The maximum Gasteiger partial charge on any atom is 0.257 e. The lowest BCUT2D eigenvalue weighted by atomic mass is 9.98. The van der Waals surface area contributed by atoms with Crippen LogP contribution in [0.1, 0.15) is 47.7 Å². The molecule has 1 saturated heterocycles. The van der Waals surface area contributed by atoms with Gasteiger partial charge >= 0.3 is 0 Å². The number of carbonyl (C=O) groups excluding carboxylic acids is 3. The fourth-order valence-corrected chi connectivity index (χ4v) is 5.44. The van der Waals surface area contributed by atoms with E-state index in [-0.39, 0.29) is 30.7 Å². The number of fused-ring (bicyclic) bond motifs is 4. The molecule has 3 amide bonds. The zero-order chi connectivity index (χ0) is 23.0. The minimum Gasteiger partial charge on any atom is -0.355 e. The molecule has 7 nitrogen and oxygen atoms in total. The molecular formula is C26H30N4O3. The van der Waals surface area contributed by atoms with Gasteiger partial charge in [0, 0.05) is 45.6 Å². The van der Waals surface area contributed by atoms with Gasteiger partial charge in [-0.05, 0) is 43.0 Å². The summed E-state index contributed by atoms with van der Waals surface area (Å²) < 4.78 is 0. The fourth-order valence-electron chi connectivity index (χ4n) is 5.44. The third-order valence-electron chi connectivity index (χ3n) is 7.27. The Morgan fingerprint density at radius 2 is 1.76 bits per heavy atom. The Kier molecular flexibility index (Phi) is 5.66. The van der Waals surface area contributed by atoms with Crippen molar-refractivity contribution in [3.63, 3.8) is 0 Å². The molecule has 172 valence electrons. The van der Waals surface area contributed by atoms with E-state index < -0.39 is 5.66 Å². The minimum absolute atomic E-state index is 0.0232. The Bertz CT molecular complexity index is 1100. The Balaban J connectivity index is 1.17. The Morgan fingerprint density at radius 1 is 1.00 bits per heavy atom. The maximum atomic E-state index is 13.3. The summed E-state index contributed by atoms with van der Waals surface area (Å²) in [5, 5.41) is 3.01. The lowest BCUT2D eigenvalue weighted by molar-refractivity contribution is -0.121. The maximum absolute atomic E-state index is 13.3. The van der Waals surface area contributed by atoms with Crippen molar-refractivity contribution in [1.29, 1.82) is 0 Å². The predicted octanol–water partition coefficient (Wildman–Crippen LogP) is 2.55. The summed E-state index contributed by atoms with van der Waals surface area (Å²) in [5.41, 5.74) is 3.26. The summed E-state index contributed by atoms with van der Waals surface area (Å²) in [7, 11) is 0. The van der Waals surface area contributed by atoms with E-state index in [2.05, 4.69) is 34.5 Å². The molecule has 3 heterocycles. The molecule has 3 aliphatic rings. The molecule has 33 heavy (non-hydrogen) atoms. The van der Waals surface area contributed by atoms with Crippen molar-refractivity contribution in [3.8, 4) is 0 Å². The summed E-state index contributed by atoms with van der Waals surface area (Å²) >= 11 is 0. The third kappa shape index (κ3) is 3.91. The summed E-state index contributed by atoms with van der Waals surface area (Å²) in [4.78, 5) is 44.3. The highest BCUT2D eigenvalue weighted by Gasteiger charge is 2.52. The van der Waals surface area contributed by atoms with E-state index in [0.717, 1.165) is 26.1 Å². The molecule has 0 spiro atoms. The number of amides is 3. The van der Waals surface area contributed by atoms with Crippen LogP contribution in [0, 0.1) is 0 Å². The zero-order valence-corrected chi connectivity index (χ0v) is 19.0. The monoisotopic (exact) mass is 446 g/mol. The molecule has 1 unspecified atom stereocenters. The van der Waals surface area contributed by atoms with Gasteiger partial charge < -0.3 is 10.2 Å². The van der Waals surface area contributed by atoms with Crippen LogP contribution >= 0.6 is 0 Å². The van der Waals surface area contributed by atoms with Crippen LogP contribution in [0.15, 0.2) is 48.5 Å². The van der Waals surface area contributed by atoms with Crippen molar-refractivity contribution >= 4 is 23.4 Å². The van der Waals surface area contributed by atoms with Crippen molar-refractivity contribution in [3.05, 3.63) is 65.2 Å². The van der Waals surface area contributed by atoms with E-state index in [1.807, 2.05) is 25.1 Å². The van der Waals surface area contributed by atoms with E-state index in [4.69, 9.17) is 0 Å². The van der Waals surface area contributed by atoms with Gasteiger partial charge in [0.05, 0.1) is 11.3 Å². The number of hydrogen-bond acceptors (Lipinski definition) is 4. The standard InChI is InChI=1S/C26H30N4O3/c1-26-13-10-24(32)30(26)22-9-5-4-8-21(22)25(33)29(26)16-12-23(31)27-14-17-28-15-11-19-6-2-3-7-20(19)18-28/h2-9H,10-18H2,1H3,(H,27,31). The van der Waals surface area contributed by atoms with E-state index >= 15 is 0 Å². The smallest absolute Gasteiger partial charge is 0.257 e. The summed E-state index contributed by atoms with van der Waals surface area (Å²) in [6, 6.07) is 15.8. The predicted molar refractivity (Wildman–Crippen MR) is 126 cm³/mol. The summed E-state index contributed by atoms with van der Waals surface area (Å²) in [5.74, 6) is -0.160. The number of para-hydroxylation sites is 1. The van der Waals surface area contributed by atoms with Gasteiger partial charge in [-0.2, -0.15) is 0 Å². The van der Waals surface area contributed by atoms with Crippen LogP contribution in [-0.4, -0.2) is 59.4 Å². The summed E-state index contributed by atoms with van der Waals surface area (Å²) in [6.07, 6.45) is 2.23. The minimum atomic E-state index is -0.718. The van der Waals surface area contributed by atoms with Gasteiger partial charge in [0.1, 0.15) is 5.66 Å². The molecule has 0 saturated carbocycles. The second-order valence-electron chi connectivity index (χ2n) is 9.31. The van der Waals surface area contributed by atoms with Gasteiger partial charge in [0.2, 0.25) is 11.8 Å². The van der Waals surface area contributed by atoms with Crippen molar-refractivity contribution in [1.82, 2.24) is 15.1 Å². The molecule has 1 N–H and O–H groups in total. The first-order valence-electron chi connectivity index (χ1n) is 11.8. The van der Waals surface area contributed by atoms with Crippen LogP contribution in [0.25, 0.3) is 0 Å². The highest BCUT2D eigenvalue weighted by Crippen LogP contribution is 2.43. The van der Waals surface area contributed by atoms with Crippen molar-refractivity contribution in [2.24, 2.45) is 0 Å². The van der Waals surface area contributed by atoms with Gasteiger partial charge in [-0.3, -0.25) is 24.2 Å². The Hall–Kier alpha value is -3.19. The number of rotatable bonds is 6. The van der Waals surface area contributed by atoms with E-state index in [0.29, 0.717) is 30.6 Å². The highest BCUT2D eigenvalue weighted by molar-refractivity contribution is 6.10. The molecule has 0 radical (unpaired) electrons. The van der Waals surface area contributed by atoms with Crippen LogP contribution in [0.2, 0.25) is 0 Å².